The fourth-order valence-electron chi connectivity index (χ4n) is 12.9. The number of rotatable bonds is 8. The number of hydrogen-bond donors (Lipinski definition) is 0. The predicted molar refractivity (Wildman–Crippen MR) is 379 cm³/mol. The van der Waals surface area contributed by atoms with Crippen molar-refractivity contribution in [2.75, 3.05) is 0 Å². The van der Waals surface area contributed by atoms with Gasteiger partial charge in [-0.15, -0.1) is 22.7 Å². The largest absolute Gasteiger partial charge is 0.456 e. The van der Waals surface area contributed by atoms with Crippen molar-refractivity contribution in [1.29, 1.82) is 0 Å². The minimum Gasteiger partial charge on any atom is -0.456 e. The summed E-state index contributed by atoms with van der Waals surface area (Å²) in [5, 5.41) is 8.50. The molecule has 0 saturated carbocycles. The summed E-state index contributed by atoms with van der Waals surface area (Å²) in [7, 11) is 0. The van der Waals surface area contributed by atoms with Crippen LogP contribution in [0.5, 0.6) is 0 Å². The minimum atomic E-state index is 0.592. The number of furan rings is 2. The van der Waals surface area contributed by atoms with Crippen molar-refractivity contribution in [2.45, 2.75) is 0 Å². The smallest absolute Gasteiger partial charge is 0.228 e. The van der Waals surface area contributed by atoms with Crippen LogP contribution in [0.2, 0.25) is 0 Å². The van der Waals surface area contributed by atoms with Crippen molar-refractivity contribution in [3.05, 3.63) is 267 Å². The third kappa shape index (κ3) is 8.95. The van der Waals surface area contributed by atoms with E-state index in [1.54, 1.807) is 22.7 Å². The van der Waals surface area contributed by atoms with E-state index >= 15 is 0 Å². The first kappa shape index (κ1) is 53.5. The molecule has 20 rings (SSSR count). The number of hydrogen-bond acceptors (Lipinski definition) is 14. The van der Waals surface area contributed by atoms with Crippen molar-refractivity contribution in [3.8, 4) is 91.2 Å². The van der Waals surface area contributed by atoms with E-state index in [4.69, 9.17) is 57.5 Å². The Morgan fingerprint density at radius 1 is 0.223 bits per heavy atom. The van der Waals surface area contributed by atoms with Gasteiger partial charge < -0.3 is 17.7 Å². The molecular weight excluding hydrogens is 1200 g/mol. The van der Waals surface area contributed by atoms with Crippen LogP contribution in [0, 0.1) is 0 Å². The van der Waals surface area contributed by atoms with Crippen LogP contribution >= 0.6 is 22.7 Å². The SMILES string of the molecule is c1ccc(-c2nc(-c3ccc4oc5ccccc5c4c3)nc(-c3cccc4sc5c(-c6nc7ccccc7o6)cccc5c34)n2)cc1.c1ccc(-c2nc(-c3cccc4oc5ccccc5c34)nc(-c3cccc4sc5c(-c6nc7ccccc7o6)cccc5c34)n2)cc1. The maximum absolute atomic E-state index is 6.22. The van der Waals surface area contributed by atoms with Gasteiger partial charge >= 0.3 is 0 Å². The maximum Gasteiger partial charge on any atom is 0.228 e. The summed E-state index contributed by atoms with van der Waals surface area (Å²) in [6.07, 6.45) is 0. The quantitative estimate of drug-likeness (QED) is 0.142. The maximum atomic E-state index is 6.22. The van der Waals surface area contributed by atoms with Crippen molar-refractivity contribution >= 4 is 129 Å². The molecule has 12 nitrogen and oxygen atoms in total. The van der Waals surface area contributed by atoms with E-state index in [-0.39, 0.29) is 0 Å². The highest BCUT2D eigenvalue weighted by Crippen LogP contribution is 2.47. The molecule has 0 atom stereocenters. The lowest BCUT2D eigenvalue weighted by molar-refractivity contribution is 0.620. The molecular formula is C80H44N8O4S2. The van der Waals surface area contributed by atoms with Crippen LogP contribution in [0.1, 0.15) is 0 Å². The van der Waals surface area contributed by atoms with E-state index in [2.05, 4.69) is 97.1 Å². The molecule has 0 aliphatic rings. The Balaban J connectivity index is 0.000000133. The lowest BCUT2D eigenvalue weighted by Crippen LogP contribution is -2.00. The fraction of sp³-hybridized carbons (Fsp3) is 0. The Morgan fingerprint density at radius 2 is 0.606 bits per heavy atom. The summed E-state index contributed by atoms with van der Waals surface area (Å²) in [5.41, 5.74) is 14.0. The molecule has 0 N–H and O–H groups in total. The van der Waals surface area contributed by atoms with Crippen LogP contribution in [0.15, 0.2) is 285 Å². The van der Waals surface area contributed by atoms with Gasteiger partial charge in [-0.1, -0.05) is 182 Å². The van der Waals surface area contributed by atoms with Crippen LogP contribution in [-0.2, 0) is 0 Å². The first-order chi connectivity index (χ1) is 46.5. The molecule has 20 aromatic rings. The number of benzene rings is 12. The van der Waals surface area contributed by atoms with Gasteiger partial charge in [0.05, 0.1) is 11.1 Å². The second-order valence-electron chi connectivity index (χ2n) is 22.8. The molecule has 440 valence electrons. The lowest BCUT2D eigenvalue weighted by atomic mass is 10.0. The molecule has 0 spiro atoms. The highest BCUT2D eigenvalue weighted by atomic mass is 32.1. The van der Waals surface area contributed by atoms with Gasteiger partial charge in [0.2, 0.25) is 11.8 Å². The van der Waals surface area contributed by atoms with Crippen LogP contribution in [0.25, 0.3) is 198 Å². The van der Waals surface area contributed by atoms with Crippen LogP contribution in [-0.4, -0.2) is 39.9 Å². The molecule has 0 saturated heterocycles. The number of para-hydroxylation sites is 6. The summed E-state index contributed by atoms with van der Waals surface area (Å²) in [4.78, 5) is 40.2. The molecule has 0 radical (unpaired) electrons. The van der Waals surface area contributed by atoms with Gasteiger partial charge in [-0.2, -0.15) is 0 Å². The number of thiophene rings is 2. The monoisotopic (exact) mass is 1240 g/mol. The molecule has 8 aromatic heterocycles. The fourth-order valence-corrected chi connectivity index (χ4v) is 15.3. The molecule has 0 aliphatic heterocycles. The third-order valence-electron chi connectivity index (χ3n) is 17.2. The van der Waals surface area contributed by atoms with Crippen molar-refractivity contribution in [1.82, 2.24) is 39.9 Å². The van der Waals surface area contributed by atoms with Gasteiger partial charge in [-0.3, -0.25) is 0 Å². The Morgan fingerprint density at radius 3 is 1.16 bits per heavy atom. The highest BCUT2D eigenvalue weighted by Gasteiger charge is 2.24. The normalized spacial score (nSPS) is 11.8. The van der Waals surface area contributed by atoms with E-state index in [0.717, 1.165) is 151 Å². The van der Waals surface area contributed by atoms with Crippen molar-refractivity contribution in [3.63, 3.8) is 0 Å². The Labute approximate surface area is 541 Å². The zero-order chi connectivity index (χ0) is 61.8. The van der Waals surface area contributed by atoms with Crippen molar-refractivity contribution in [2.24, 2.45) is 0 Å². The summed E-state index contributed by atoms with van der Waals surface area (Å²) >= 11 is 3.45. The average Bonchev–Trinajstić information content (AvgIpc) is 1.56. The summed E-state index contributed by atoms with van der Waals surface area (Å²) in [6, 6.07) is 89.4. The second kappa shape index (κ2) is 21.7. The summed E-state index contributed by atoms with van der Waals surface area (Å²) < 4.78 is 29.2. The molecule has 0 fully saturated rings. The van der Waals surface area contributed by atoms with Crippen LogP contribution in [0.3, 0.4) is 0 Å². The third-order valence-corrected chi connectivity index (χ3v) is 19.6. The van der Waals surface area contributed by atoms with E-state index in [1.165, 1.54) is 0 Å². The van der Waals surface area contributed by atoms with Gasteiger partial charge in [0, 0.05) is 95.3 Å². The lowest BCUT2D eigenvalue weighted by Gasteiger charge is -2.10. The number of oxazole rings is 2. The predicted octanol–water partition coefficient (Wildman–Crippen LogP) is 21.9. The molecule has 14 heteroatoms. The molecule has 94 heavy (non-hydrogen) atoms. The zero-order valence-corrected chi connectivity index (χ0v) is 51.1. The summed E-state index contributed by atoms with van der Waals surface area (Å²) in [5.74, 6) is 4.87. The topological polar surface area (TPSA) is 156 Å². The molecule has 12 aromatic carbocycles. The first-order valence-corrected chi connectivity index (χ1v) is 32.2. The van der Waals surface area contributed by atoms with Gasteiger partial charge in [-0.05, 0) is 84.9 Å². The molecule has 0 aliphatic carbocycles. The minimum absolute atomic E-state index is 0.592. The molecule has 0 unspecified atom stereocenters. The van der Waals surface area contributed by atoms with Gasteiger partial charge in [-0.25, -0.2) is 39.9 Å². The van der Waals surface area contributed by atoms with Crippen molar-refractivity contribution < 1.29 is 17.7 Å². The van der Waals surface area contributed by atoms with Gasteiger partial charge in [0.25, 0.3) is 0 Å². The number of nitrogens with zero attached hydrogens (tertiary/aromatic N) is 8. The Hall–Kier alpha value is -12.4. The summed E-state index contributed by atoms with van der Waals surface area (Å²) in [6.45, 7) is 0. The first-order valence-electron chi connectivity index (χ1n) is 30.6. The number of aromatic nitrogens is 8. The highest BCUT2D eigenvalue weighted by molar-refractivity contribution is 7.26. The van der Waals surface area contributed by atoms with Crippen LogP contribution in [0.4, 0.5) is 0 Å². The molecule has 0 bridgehead atoms. The Kier molecular flexibility index (Phi) is 12.3. The van der Waals surface area contributed by atoms with E-state index in [1.807, 2.05) is 170 Å². The van der Waals surface area contributed by atoms with Gasteiger partial charge in [0.1, 0.15) is 33.4 Å². The molecule has 8 heterocycles. The second-order valence-corrected chi connectivity index (χ2v) is 24.9. The van der Waals surface area contributed by atoms with Gasteiger partial charge in [0.15, 0.2) is 46.1 Å². The Bertz CT molecular complexity index is 6340. The number of fused-ring (bicyclic) bond motifs is 14. The van der Waals surface area contributed by atoms with E-state index in [0.29, 0.717) is 46.7 Å². The van der Waals surface area contributed by atoms with Crippen LogP contribution < -0.4 is 0 Å². The average molecular weight is 1250 g/mol. The zero-order valence-electron chi connectivity index (χ0n) is 49.4. The standard InChI is InChI=1S/2C40H22N4O2S/c1-2-11-23(12-3-1)37-42-38(26-15-9-21-32-34(26)24-13-4-6-19-30(24)45-32)44-39(43-37)27-16-10-22-33-35(27)25-14-8-17-28(36(25)47-33)40-41-29-18-5-7-20-31(29)46-40;1-2-10-23(11-3-1)37-42-38(24-20-21-32-29(22-24)25-12-4-6-17-31(25)45-32)44-39(43-37)27-14-9-19-34-35(27)26-13-8-15-28(36(26)47-34)40-41-30-16-5-7-18-33(30)46-40/h2*1-22H. The molecule has 0 amide bonds. The van der Waals surface area contributed by atoms with E-state index in [9.17, 15) is 0 Å². The van der Waals surface area contributed by atoms with E-state index < -0.39 is 0 Å².